The van der Waals surface area contributed by atoms with Crippen molar-refractivity contribution in [2.75, 3.05) is 18.5 Å². The molecule has 0 radical (unpaired) electrons. The highest BCUT2D eigenvalue weighted by molar-refractivity contribution is 7.86. The van der Waals surface area contributed by atoms with Gasteiger partial charge in [-0.25, -0.2) is 8.89 Å². The summed E-state index contributed by atoms with van der Waals surface area (Å²) in [7, 11) is -3.84. The number of alkyl halides is 6. The van der Waals surface area contributed by atoms with E-state index in [2.05, 4.69) is 10.4 Å². The Kier molecular flexibility index (Phi) is 9.45. The van der Waals surface area contributed by atoms with Crippen LogP contribution >= 0.6 is 23.2 Å². The lowest BCUT2D eigenvalue weighted by atomic mass is 10.0. The van der Waals surface area contributed by atoms with Crippen molar-refractivity contribution < 1.29 is 55.3 Å². The second-order valence-corrected chi connectivity index (χ2v) is 10.3. The summed E-state index contributed by atoms with van der Waals surface area (Å²) in [5.41, 5.74) is -8.18. The first kappa shape index (κ1) is 31.4. The number of hydrogen-bond acceptors (Lipinski definition) is 9. The van der Waals surface area contributed by atoms with Crippen molar-refractivity contribution in [3.05, 3.63) is 33.4 Å². The molecule has 0 aliphatic carbocycles. The number of nitriles is 1. The number of aromatic nitrogens is 2. The van der Waals surface area contributed by atoms with Gasteiger partial charge in [-0.3, -0.25) is 0 Å². The quantitative estimate of drug-likeness (QED) is 0.269. The van der Waals surface area contributed by atoms with Gasteiger partial charge in [0.15, 0.2) is 22.8 Å². The fourth-order valence-corrected chi connectivity index (χ4v) is 4.99. The molecule has 1 unspecified atom stereocenters. The number of halogens is 8. The molecule has 19 heteroatoms. The van der Waals surface area contributed by atoms with Gasteiger partial charge in [0.1, 0.15) is 40.8 Å². The third kappa shape index (κ3) is 6.60. The molecule has 4 N–H and O–H groups in total. The maximum absolute atomic E-state index is 13.4. The van der Waals surface area contributed by atoms with E-state index in [0.717, 1.165) is 0 Å². The molecule has 2 heterocycles. The zero-order chi connectivity index (χ0) is 29.4. The standard InChI is InChI=1S/C20H18Cl2F6N4O6S/c1-7-13(33)14(34)15(35)18(38-7)37-3-2-30-17-16(39(36)20(26,27)28)11(6-29)31-32(17)12-9(21)4-8(5-10(12)22)19(23,24)25/h4-5,7,13-15,18,30,33-35H,2-3H2,1H3/t7-,13-,14+,15+,18+,39?/m0/s1. The minimum absolute atomic E-state index is 0.436. The van der Waals surface area contributed by atoms with Gasteiger partial charge >= 0.3 is 11.7 Å². The predicted octanol–water partition coefficient (Wildman–Crippen LogP) is 2.95. The molecule has 1 aromatic carbocycles. The Morgan fingerprint density at radius 2 is 1.74 bits per heavy atom. The third-order valence-electron chi connectivity index (χ3n) is 5.38. The maximum Gasteiger partial charge on any atom is 0.476 e. The van der Waals surface area contributed by atoms with Gasteiger partial charge in [0.05, 0.1) is 28.3 Å². The summed E-state index contributed by atoms with van der Waals surface area (Å²) in [5.74, 6) is -0.747. The minimum atomic E-state index is -5.37. The van der Waals surface area contributed by atoms with E-state index >= 15 is 0 Å². The Morgan fingerprint density at radius 1 is 1.15 bits per heavy atom. The lowest BCUT2D eigenvalue weighted by Gasteiger charge is -2.38. The number of aliphatic hydroxyl groups is 3. The smallest absolute Gasteiger partial charge is 0.388 e. The fourth-order valence-electron chi connectivity index (χ4n) is 3.51. The minimum Gasteiger partial charge on any atom is -0.388 e. The van der Waals surface area contributed by atoms with Crippen LogP contribution in [0.2, 0.25) is 10.0 Å². The first-order chi connectivity index (χ1) is 18.0. The summed E-state index contributed by atoms with van der Waals surface area (Å²) in [6, 6.07) is 2.22. The molecular formula is C20H18Cl2F6N4O6S. The highest BCUT2D eigenvalue weighted by atomic mass is 35.5. The van der Waals surface area contributed by atoms with Crippen LogP contribution < -0.4 is 5.32 Å². The molecule has 1 aliphatic rings. The van der Waals surface area contributed by atoms with Gasteiger partial charge in [0.2, 0.25) is 0 Å². The monoisotopic (exact) mass is 626 g/mol. The average molecular weight is 627 g/mol. The molecule has 0 amide bonds. The number of nitrogens with zero attached hydrogens (tertiary/aromatic N) is 3. The largest absolute Gasteiger partial charge is 0.476 e. The highest BCUT2D eigenvalue weighted by Gasteiger charge is 2.44. The van der Waals surface area contributed by atoms with Crippen molar-refractivity contribution >= 4 is 39.8 Å². The van der Waals surface area contributed by atoms with E-state index < -0.39 is 104 Å². The number of hydrogen-bond donors (Lipinski definition) is 4. The lowest BCUT2D eigenvalue weighted by Crippen LogP contribution is -2.57. The Morgan fingerprint density at radius 3 is 2.26 bits per heavy atom. The topological polar surface area (TPSA) is 150 Å². The van der Waals surface area contributed by atoms with Crippen molar-refractivity contribution in [1.29, 1.82) is 5.26 Å². The lowest BCUT2D eigenvalue weighted by molar-refractivity contribution is -0.292. The SMILES string of the molecule is C[C@@H]1O[C@@H](OCCNc2c(S(=O)C(F)(F)F)c(C#N)nn2-c2c(Cl)cc(C(F)(F)F)cc2Cl)[C@H](O)[C@H](O)[C@H]1O. The van der Waals surface area contributed by atoms with Crippen LogP contribution in [0.25, 0.3) is 5.69 Å². The van der Waals surface area contributed by atoms with Crippen molar-refractivity contribution in [2.45, 2.75) is 54.2 Å². The van der Waals surface area contributed by atoms with Gasteiger partial charge in [-0.05, 0) is 19.1 Å². The van der Waals surface area contributed by atoms with Crippen LogP contribution in [0.15, 0.2) is 17.0 Å². The first-order valence-corrected chi connectivity index (χ1v) is 12.5. The molecule has 2 aromatic rings. The molecule has 1 aromatic heterocycles. The number of nitrogens with one attached hydrogen (secondary N) is 1. The average Bonchev–Trinajstić information content (AvgIpc) is 3.19. The van der Waals surface area contributed by atoms with E-state index in [1.54, 1.807) is 0 Å². The summed E-state index contributed by atoms with van der Waals surface area (Å²) >= 11 is 11.9. The molecular weight excluding hydrogens is 609 g/mol. The van der Waals surface area contributed by atoms with Gasteiger partial charge in [0, 0.05) is 6.54 Å². The Balaban J connectivity index is 1.99. The Hall–Kier alpha value is -2.17. The second-order valence-electron chi connectivity index (χ2n) is 8.03. The summed E-state index contributed by atoms with van der Waals surface area (Å²) in [6.45, 7) is 0.498. The summed E-state index contributed by atoms with van der Waals surface area (Å²) in [5, 5.41) is 43.6. The summed E-state index contributed by atoms with van der Waals surface area (Å²) in [6.07, 6.45) is -12.0. The number of benzene rings is 1. The van der Waals surface area contributed by atoms with Crippen molar-refractivity contribution in [1.82, 2.24) is 9.78 Å². The van der Waals surface area contributed by atoms with Crippen molar-refractivity contribution in [3.63, 3.8) is 0 Å². The molecule has 1 fully saturated rings. The zero-order valence-electron chi connectivity index (χ0n) is 19.3. The fraction of sp³-hybridized carbons (Fsp3) is 0.500. The van der Waals surface area contributed by atoms with Crippen LogP contribution in [0, 0.1) is 11.3 Å². The van der Waals surface area contributed by atoms with E-state index in [-0.39, 0.29) is 0 Å². The number of anilines is 1. The second kappa shape index (κ2) is 11.7. The Bertz CT molecular complexity index is 1260. The van der Waals surface area contributed by atoms with Gasteiger partial charge in [0.25, 0.3) is 0 Å². The molecule has 0 bridgehead atoms. The van der Waals surface area contributed by atoms with E-state index in [1.165, 1.54) is 13.0 Å². The molecule has 39 heavy (non-hydrogen) atoms. The Labute approximate surface area is 228 Å². The molecule has 6 atom stereocenters. The molecule has 1 aliphatic heterocycles. The number of ether oxygens (including phenoxy) is 2. The van der Waals surface area contributed by atoms with Crippen LogP contribution in [0.3, 0.4) is 0 Å². The molecule has 0 spiro atoms. The van der Waals surface area contributed by atoms with Gasteiger partial charge in [-0.15, -0.1) is 0 Å². The highest BCUT2D eigenvalue weighted by Crippen LogP contribution is 2.41. The molecule has 10 nitrogen and oxygen atoms in total. The first-order valence-electron chi connectivity index (χ1n) is 10.6. The third-order valence-corrected chi connectivity index (χ3v) is 7.14. The van der Waals surface area contributed by atoms with Gasteiger partial charge in [-0.2, -0.15) is 36.7 Å². The van der Waals surface area contributed by atoms with E-state index in [4.69, 9.17) is 32.7 Å². The normalized spacial score (nSPS) is 24.8. The maximum atomic E-state index is 13.4. The van der Waals surface area contributed by atoms with E-state index in [9.17, 15) is 51.1 Å². The van der Waals surface area contributed by atoms with Crippen molar-refractivity contribution in [3.8, 4) is 11.8 Å². The zero-order valence-corrected chi connectivity index (χ0v) is 21.6. The van der Waals surface area contributed by atoms with Crippen LogP contribution in [0.1, 0.15) is 18.2 Å². The molecule has 216 valence electrons. The van der Waals surface area contributed by atoms with Crippen LogP contribution in [-0.2, 0) is 26.4 Å². The van der Waals surface area contributed by atoms with Gasteiger partial charge < -0.3 is 30.1 Å². The van der Waals surface area contributed by atoms with Crippen LogP contribution in [-0.4, -0.2) is 78.7 Å². The van der Waals surface area contributed by atoms with Crippen LogP contribution in [0.4, 0.5) is 32.2 Å². The van der Waals surface area contributed by atoms with Gasteiger partial charge in [-0.1, -0.05) is 23.2 Å². The van der Waals surface area contributed by atoms with Crippen LogP contribution in [0.5, 0.6) is 0 Å². The summed E-state index contributed by atoms with van der Waals surface area (Å²) in [4.78, 5) is -1.15. The number of rotatable bonds is 7. The molecule has 1 saturated heterocycles. The molecule has 3 rings (SSSR count). The summed E-state index contributed by atoms with van der Waals surface area (Å²) < 4.78 is 103. The van der Waals surface area contributed by atoms with Crippen molar-refractivity contribution in [2.24, 2.45) is 0 Å². The van der Waals surface area contributed by atoms with E-state index in [1.807, 2.05) is 0 Å². The predicted molar refractivity (Wildman–Crippen MR) is 123 cm³/mol. The number of aliphatic hydroxyl groups excluding tert-OH is 3. The van der Waals surface area contributed by atoms with E-state index in [0.29, 0.717) is 16.8 Å². The molecule has 0 saturated carbocycles.